The topological polar surface area (TPSA) is 66.5 Å². The molecule has 2 rings (SSSR count). The van der Waals surface area contributed by atoms with E-state index in [0.29, 0.717) is 6.54 Å². The molecule has 0 saturated heterocycles. The van der Waals surface area contributed by atoms with Crippen LogP contribution >= 0.6 is 0 Å². The van der Waals surface area contributed by atoms with Gasteiger partial charge in [0, 0.05) is 12.5 Å². The lowest BCUT2D eigenvalue weighted by Gasteiger charge is -2.27. The van der Waals surface area contributed by atoms with Gasteiger partial charge in [-0.2, -0.15) is 0 Å². The molecular formula is C19H30N2O3S. The number of sulfonamides is 1. The van der Waals surface area contributed by atoms with Gasteiger partial charge in [0.2, 0.25) is 15.9 Å². The number of rotatable bonds is 6. The summed E-state index contributed by atoms with van der Waals surface area (Å²) in [5.41, 5.74) is 3.70. The molecular weight excluding hydrogens is 336 g/mol. The van der Waals surface area contributed by atoms with E-state index < -0.39 is 10.0 Å². The molecule has 5 nitrogen and oxygen atoms in total. The van der Waals surface area contributed by atoms with E-state index in [-0.39, 0.29) is 18.4 Å². The van der Waals surface area contributed by atoms with Gasteiger partial charge in [0.15, 0.2) is 0 Å². The zero-order valence-electron chi connectivity index (χ0n) is 15.8. The largest absolute Gasteiger partial charge is 0.354 e. The summed E-state index contributed by atoms with van der Waals surface area (Å²) in [7, 11) is -3.42. The summed E-state index contributed by atoms with van der Waals surface area (Å²) in [6.07, 6.45) is 6.52. The van der Waals surface area contributed by atoms with E-state index in [1.807, 2.05) is 32.9 Å². The van der Waals surface area contributed by atoms with E-state index in [1.54, 1.807) is 0 Å². The third-order valence-electron chi connectivity index (χ3n) is 4.88. The second-order valence-electron chi connectivity index (χ2n) is 7.21. The van der Waals surface area contributed by atoms with E-state index in [9.17, 15) is 13.2 Å². The standard InChI is InChI=1S/C19H30N2O3S/c1-14-12-15(2)18(16(3)13-14)21(25(4,23)24)11-10-20-19(22)17-8-6-5-7-9-17/h12-13,17H,5-11H2,1-4H3,(H,20,22). The SMILES string of the molecule is Cc1cc(C)c(N(CCNC(=O)C2CCCCC2)S(C)(=O)=O)c(C)c1. The molecule has 1 aromatic rings. The number of carbonyl (C=O) groups is 1. The number of benzene rings is 1. The molecule has 0 atom stereocenters. The van der Waals surface area contributed by atoms with Gasteiger partial charge in [0.05, 0.1) is 18.5 Å². The van der Waals surface area contributed by atoms with Crippen molar-refractivity contribution in [1.82, 2.24) is 5.32 Å². The molecule has 1 amide bonds. The molecule has 6 heteroatoms. The Bertz CT molecular complexity index is 699. The van der Waals surface area contributed by atoms with Crippen LogP contribution in [0.5, 0.6) is 0 Å². The lowest BCUT2D eigenvalue weighted by atomic mass is 9.89. The average Bonchev–Trinajstić information content (AvgIpc) is 2.52. The van der Waals surface area contributed by atoms with E-state index in [1.165, 1.54) is 17.0 Å². The first kappa shape index (κ1) is 19.8. The molecule has 0 unspecified atom stereocenters. The molecule has 0 aliphatic heterocycles. The Labute approximate surface area is 151 Å². The predicted octanol–water partition coefficient (Wildman–Crippen LogP) is 3.07. The van der Waals surface area contributed by atoms with Crippen molar-refractivity contribution in [1.29, 1.82) is 0 Å². The normalized spacial score (nSPS) is 15.8. The Balaban J connectivity index is 2.08. The van der Waals surface area contributed by atoms with Crippen LogP contribution in [-0.4, -0.2) is 33.7 Å². The fraction of sp³-hybridized carbons (Fsp3) is 0.632. The van der Waals surface area contributed by atoms with Crippen LogP contribution in [0.1, 0.15) is 48.8 Å². The van der Waals surface area contributed by atoms with Gasteiger partial charge in [0.25, 0.3) is 0 Å². The summed E-state index contributed by atoms with van der Waals surface area (Å²) in [6, 6.07) is 3.97. The molecule has 1 N–H and O–H groups in total. The Kier molecular flexibility index (Phi) is 6.49. The lowest BCUT2D eigenvalue weighted by Crippen LogP contribution is -2.40. The molecule has 140 valence electrons. The molecule has 1 aromatic carbocycles. The number of aryl methyl sites for hydroxylation is 3. The van der Waals surface area contributed by atoms with Gasteiger partial charge in [-0.1, -0.05) is 37.0 Å². The fourth-order valence-electron chi connectivity index (χ4n) is 3.80. The third-order valence-corrected chi connectivity index (χ3v) is 6.04. The molecule has 0 bridgehead atoms. The zero-order chi connectivity index (χ0) is 18.6. The summed E-state index contributed by atoms with van der Waals surface area (Å²) in [6.45, 7) is 6.43. The van der Waals surface area contributed by atoms with Gasteiger partial charge in [-0.3, -0.25) is 9.10 Å². The highest BCUT2D eigenvalue weighted by atomic mass is 32.2. The first-order chi connectivity index (χ1) is 11.7. The number of carbonyl (C=O) groups excluding carboxylic acids is 1. The Morgan fingerprint density at radius 2 is 1.68 bits per heavy atom. The maximum Gasteiger partial charge on any atom is 0.232 e. The van der Waals surface area contributed by atoms with Gasteiger partial charge in [-0.15, -0.1) is 0 Å². The minimum Gasteiger partial charge on any atom is -0.354 e. The molecule has 0 heterocycles. The number of amides is 1. The molecule has 0 spiro atoms. The van der Waals surface area contributed by atoms with Crippen LogP contribution in [0.4, 0.5) is 5.69 Å². The van der Waals surface area contributed by atoms with Gasteiger partial charge < -0.3 is 5.32 Å². The maximum atomic E-state index is 12.3. The van der Waals surface area contributed by atoms with Gasteiger partial charge >= 0.3 is 0 Å². The van der Waals surface area contributed by atoms with Gasteiger partial charge in [-0.25, -0.2) is 8.42 Å². The van der Waals surface area contributed by atoms with Crippen molar-refractivity contribution in [2.24, 2.45) is 5.92 Å². The molecule has 1 aliphatic carbocycles. The zero-order valence-corrected chi connectivity index (χ0v) is 16.6. The second-order valence-corrected chi connectivity index (χ2v) is 9.12. The molecule has 1 aliphatic rings. The summed E-state index contributed by atoms with van der Waals surface area (Å²) >= 11 is 0. The van der Waals surface area contributed by atoms with Crippen LogP contribution < -0.4 is 9.62 Å². The number of nitrogens with zero attached hydrogens (tertiary/aromatic N) is 1. The van der Waals surface area contributed by atoms with Crippen LogP contribution in [0.25, 0.3) is 0 Å². The maximum absolute atomic E-state index is 12.3. The van der Waals surface area contributed by atoms with Crippen LogP contribution in [-0.2, 0) is 14.8 Å². The van der Waals surface area contributed by atoms with Gasteiger partial charge in [-0.05, 0) is 44.7 Å². The number of hydrogen-bond acceptors (Lipinski definition) is 3. The first-order valence-corrected chi connectivity index (χ1v) is 10.9. The van der Waals surface area contributed by atoms with Crippen molar-refractivity contribution in [2.75, 3.05) is 23.7 Å². The van der Waals surface area contributed by atoms with Crippen molar-refractivity contribution >= 4 is 21.6 Å². The van der Waals surface area contributed by atoms with Crippen LogP contribution in [0.15, 0.2) is 12.1 Å². The lowest BCUT2D eigenvalue weighted by molar-refractivity contribution is -0.125. The minimum atomic E-state index is -3.42. The van der Waals surface area contributed by atoms with E-state index >= 15 is 0 Å². The van der Waals surface area contributed by atoms with Crippen molar-refractivity contribution in [3.05, 3.63) is 28.8 Å². The monoisotopic (exact) mass is 366 g/mol. The summed E-state index contributed by atoms with van der Waals surface area (Å²) in [5, 5.41) is 2.93. The Morgan fingerprint density at radius 3 is 2.20 bits per heavy atom. The Hall–Kier alpha value is -1.56. The number of anilines is 1. The predicted molar refractivity (Wildman–Crippen MR) is 102 cm³/mol. The smallest absolute Gasteiger partial charge is 0.232 e. The molecule has 1 fully saturated rings. The molecule has 25 heavy (non-hydrogen) atoms. The number of nitrogens with one attached hydrogen (secondary N) is 1. The van der Waals surface area contributed by atoms with Crippen molar-refractivity contribution in [3.63, 3.8) is 0 Å². The van der Waals surface area contributed by atoms with E-state index in [4.69, 9.17) is 0 Å². The highest BCUT2D eigenvalue weighted by Gasteiger charge is 2.23. The van der Waals surface area contributed by atoms with Crippen molar-refractivity contribution < 1.29 is 13.2 Å². The second kappa shape index (κ2) is 8.21. The third kappa shape index (κ3) is 5.21. The average molecular weight is 367 g/mol. The van der Waals surface area contributed by atoms with Crippen molar-refractivity contribution in [2.45, 2.75) is 52.9 Å². The highest BCUT2D eigenvalue weighted by Crippen LogP contribution is 2.28. The van der Waals surface area contributed by atoms with Crippen LogP contribution in [0, 0.1) is 26.7 Å². The highest BCUT2D eigenvalue weighted by molar-refractivity contribution is 7.92. The van der Waals surface area contributed by atoms with Crippen molar-refractivity contribution in [3.8, 4) is 0 Å². The molecule has 1 saturated carbocycles. The quantitative estimate of drug-likeness (QED) is 0.841. The minimum absolute atomic E-state index is 0.0606. The summed E-state index contributed by atoms with van der Waals surface area (Å²) in [5.74, 6) is 0.147. The first-order valence-electron chi connectivity index (χ1n) is 9.03. The molecule has 0 radical (unpaired) electrons. The summed E-state index contributed by atoms with van der Waals surface area (Å²) in [4.78, 5) is 12.3. The van der Waals surface area contributed by atoms with E-state index in [2.05, 4.69) is 5.32 Å². The Morgan fingerprint density at radius 1 is 1.12 bits per heavy atom. The fourth-order valence-corrected chi connectivity index (χ4v) is 4.84. The number of hydrogen-bond donors (Lipinski definition) is 1. The molecule has 0 aromatic heterocycles. The van der Waals surface area contributed by atoms with Crippen LogP contribution in [0.2, 0.25) is 0 Å². The summed E-state index contributed by atoms with van der Waals surface area (Å²) < 4.78 is 26.0. The van der Waals surface area contributed by atoms with E-state index in [0.717, 1.165) is 48.1 Å². The van der Waals surface area contributed by atoms with Crippen LogP contribution in [0.3, 0.4) is 0 Å². The van der Waals surface area contributed by atoms with Gasteiger partial charge in [0.1, 0.15) is 0 Å².